The highest BCUT2D eigenvalue weighted by Gasteiger charge is 2.19. The summed E-state index contributed by atoms with van der Waals surface area (Å²) < 4.78 is 3.40. The van der Waals surface area contributed by atoms with Crippen LogP contribution in [0.2, 0.25) is 0 Å². The fourth-order valence-electron chi connectivity index (χ4n) is 4.78. The third-order valence-electron chi connectivity index (χ3n) is 6.81. The van der Waals surface area contributed by atoms with Crippen molar-refractivity contribution in [2.24, 2.45) is 7.05 Å². The van der Waals surface area contributed by atoms with Crippen LogP contribution in [-0.4, -0.2) is 24.8 Å². The molecule has 0 bridgehead atoms. The number of aromatic nitrogens is 4. The number of pyridine rings is 1. The molecule has 4 heterocycles. The Kier molecular flexibility index (Phi) is 5.84. The summed E-state index contributed by atoms with van der Waals surface area (Å²) in [6, 6.07) is 11.5. The molecule has 1 aromatic carbocycles. The maximum Gasteiger partial charge on any atom is 0.293 e. The average molecular weight is 511 g/mol. The minimum atomic E-state index is -0.240. The van der Waals surface area contributed by atoms with E-state index in [4.69, 9.17) is 0 Å². The minimum absolute atomic E-state index is 0.0928. The lowest BCUT2D eigenvalue weighted by Gasteiger charge is -2.14. The number of anilines is 3. The first-order valence-electron chi connectivity index (χ1n) is 12.3. The van der Waals surface area contributed by atoms with Crippen molar-refractivity contribution < 1.29 is 4.79 Å². The topological polar surface area (TPSA) is 93.3 Å². The molecular weight excluding hydrogens is 484 g/mol. The van der Waals surface area contributed by atoms with E-state index in [0.29, 0.717) is 5.69 Å². The Morgan fingerprint density at radius 3 is 2.84 bits per heavy atom. The summed E-state index contributed by atoms with van der Waals surface area (Å²) >= 11 is 1.60. The van der Waals surface area contributed by atoms with Crippen molar-refractivity contribution in [2.45, 2.75) is 32.6 Å². The molecule has 1 amide bonds. The minimum Gasteiger partial charge on any atom is -0.335 e. The number of carbonyl (C=O) groups excluding carboxylic acids is 1. The van der Waals surface area contributed by atoms with Gasteiger partial charge < -0.3 is 19.6 Å². The zero-order valence-corrected chi connectivity index (χ0v) is 21.4. The molecule has 37 heavy (non-hydrogen) atoms. The Morgan fingerprint density at radius 2 is 1.97 bits per heavy atom. The third kappa shape index (κ3) is 4.42. The Labute approximate surface area is 217 Å². The molecule has 1 aliphatic carbocycles. The first-order chi connectivity index (χ1) is 18.0. The highest BCUT2D eigenvalue weighted by Crippen LogP contribution is 2.32. The highest BCUT2D eigenvalue weighted by atomic mass is 32.1. The van der Waals surface area contributed by atoms with Gasteiger partial charge in [-0.05, 0) is 61.9 Å². The molecular formula is C28H26N6O2S. The summed E-state index contributed by atoms with van der Waals surface area (Å²) in [4.78, 5) is 37.0. The Hall–Kier alpha value is -4.24. The van der Waals surface area contributed by atoms with Crippen LogP contribution in [0.1, 0.15) is 38.5 Å². The van der Waals surface area contributed by atoms with Crippen LogP contribution >= 0.6 is 11.3 Å². The van der Waals surface area contributed by atoms with Crippen molar-refractivity contribution in [1.29, 1.82) is 0 Å². The molecule has 9 heteroatoms. The molecule has 0 atom stereocenters. The van der Waals surface area contributed by atoms with E-state index >= 15 is 0 Å². The maximum absolute atomic E-state index is 13.1. The number of imidazole rings is 1. The van der Waals surface area contributed by atoms with Gasteiger partial charge in [0.15, 0.2) is 5.82 Å². The summed E-state index contributed by atoms with van der Waals surface area (Å²) in [5, 5.41) is 6.24. The standard InChI is InChI=1S/C28H26N6O2S/c1-17-20(7-5-8-21(17)32-27(35)24-14-18-6-3-4-9-23(18)37-24)22-16-33(2)28(36)26(31-22)30-19-10-12-34-13-11-29-25(34)15-19/h5,7-8,10-16H,3-4,6,9H2,1-2H3,(H,30,31)(H,32,35). The van der Waals surface area contributed by atoms with E-state index in [1.165, 1.54) is 27.8 Å². The highest BCUT2D eigenvalue weighted by molar-refractivity contribution is 7.14. The number of carbonyl (C=O) groups is 1. The van der Waals surface area contributed by atoms with Crippen LogP contribution in [0, 0.1) is 6.92 Å². The molecule has 0 aliphatic heterocycles. The van der Waals surface area contributed by atoms with E-state index in [1.807, 2.05) is 60.1 Å². The van der Waals surface area contributed by atoms with Gasteiger partial charge >= 0.3 is 0 Å². The van der Waals surface area contributed by atoms with Crippen LogP contribution < -0.4 is 16.2 Å². The van der Waals surface area contributed by atoms with Crippen LogP contribution in [0.4, 0.5) is 17.2 Å². The second kappa shape index (κ2) is 9.33. The number of rotatable bonds is 5. The lowest BCUT2D eigenvalue weighted by molar-refractivity contribution is 0.103. The smallest absolute Gasteiger partial charge is 0.293 e. The lowest BCUT2D eigenvalue weighted by Crippen LogP contribution is -2.21. The number of aryl methyl sites for hydroxylation is 3. The van der Waals surface area contributed by atoms with Crippen molar-refractivity contribution in [3.8, 4) is 11.3 Å². The van der Waals surface area contributed by atoms with Crippen molar-refractivity contribution in [3.05, 3.63) is 92.4 Å². The molecule has 0 radical (unpaired) electrons. The van der Waals surface area contributed by atoms with Gasteiger partial charge in [-0.15, -0.1) is 11.3 Å². The van der Waals surface area contributed by atoms with Gasteiger partial charge in [0.2, 0.25) is 0 Å². The Balaban J connectivity index is 1.30. The summed E-state index contributed by atoms with van der Waals surface area (Å²) in [6.07, 6.45) is 11.7. The zero-order valence-electron chi connectivity index (χ0n) is 20.6. The molecule has 1 aliphatic rings. The van der Waals surface area contributed by atoms with E-state index < -0.39 is 0 Å². The summed E-state index contributed by atoms with van der Waals surface area (Å²) in [6.45, 7) is 1.95. The number of thiophene rings is 1. The molecule has 8 nitrogen and oxygen atoms in total. The van der Waals surface area contributed by atoms with Gasteiger partial charge in [0.05, 0.1) is 10.6 Å². The predicted octanol–water partition coefficient (Wildman–Crippen LogP) is 5.34. The molecule has 0 spiro atoms. The van der Waals surface area contributed by atoms with E-state index in [9.17, 15) is 9.59 Å². The Bertz CT molecular complexity index is 1690. The quantitative estimate of drug-likeness (QED) is 0.333. The van der Waals surface area contributed by atoms with Gasteiger partial charge in [0, 0.05) is 59.7 Å². The van der Waals surface area contributed by atoms with Gasteiger partial charge in [0.1, 0.15) is 5.65 Å². The van der Waals surface area contributed by atoms with E-state index in [-0.39, 0.29) is 17.3 Å². The number of fused-ring (bicyclic) bond motifs is 2. The van der Waals surface area contributed by atoms with Gasteiger partial charge in [0.25, 0.3) is 11.5 Å². The van der Waals surface area contributed by atoms with Crippen molar-refractivity contribution in [2.75, 3.05) is 10.6 Å². The van der Waals surface area contributed by atoms with Gasteiger partial charge in [-0.25, -0.2) is 9.97 Å². The fourth-order valence-corrected chi connectivity index (χ4v) is 5.93. The van der Waals surface area contributed by atoms with E-state index in [1.54, 1.807) is 30.8 Å². The number of hydrogen-bond acceptors (Lipinski definition) is 6. The average Bonchev–Trinajstić information content (AvgIpc) is 3.54. The number of nitrogens with one attached hydrogen (secondary N) is 2. The van der Waals surface area contributed by atoms with Crippen LogP contribution in [0.5, 0.6) is 0 Å². The van der Waals surface area contributed by atoms with E-state index in [0.717, 1.165) is 45.9 Å². The summed E-state index contributed by atoms with van der Waals surface area (Å²) in [7, 11) is 1.70. The molecule has 0 saturated heterocycles. The van der Waals surface area contributed by atoms with Crippen molar-refractivity contribution in [3.63, 3.8) is 0 Å². The molecule has 0 saturated carbocycles. The zero-order chi connectivity index (χ0) is 25.5. The van der Waals surface area contributed by atoms with Crippen LogP contribution in [0.3, 0.4) is 0 Å². The summed E-state index contributed by atoms with van der Waals surface area (Å²) in [5.74, 6) is 0.124. The van der Waals surface area contributed by atoms with Crippen LogP contribution in [0.15, 0.2) is 66.0 Å². The van der Waals surface area contributed by atoms with Crippen molar-refractivity contribution >= 4 is 40.1 Å². The summed E-state index contributed by atoms with van der Waals surface area (Å²) in [5.41, 5.74) is 5.64. The number of hydrogen-bond donors (Lipinski definition) is 2. The van der Waals surface area contributed by atoms with Crippen LogP contribution in [0.25, 0.3) is 16.9 Å². The van der Waals surface area contributed by atoms with Crippen molar-refractivity contribution in [1.82, 2.24) is 18.9 Å². The SMILES string of the molecule is Cc1c(NC(=O)c2cc3c(s2)CCCC3)cccc1-c1cn(C)c(=O)c(Nc2ccn3ccnc3c2)n1. The van der Waals surface area contributed by atoms with Gasteiger partial charge in [-0.2, -0.15) is 0 Å². The molecule has 0 unspecified atom stereocenters. The largest absolute Gasteiger partial charge is 0.335 e. The molecule has 6 rings (SSSR count). The molecule has 0 fully saturated rings. The second-order valence-corrected chi connectivity index (χ2v) is 10.5. The third-order valence-corrected chi connectivity index (χ3v) is 8.05. The van der Waals surface area contributed by atoms with E-state index in [2.05, 4.69) is 20.6 Å². The monoisotopic (exact) mass is 510 g/mol. The second-order valence-electron chi connectivity index (χ2n) is 9.32. The van der Waals surface area contributed by atoms with Crippen LogP contribution in [-0.2, 0) is 19.9 Å². The first kappa shape index (κ1) is 23.2. The lowest BCUT2D eigenvalue weighted by atomic mass is 9.99. The fraction of sp³-hybridized carbons (Fsp3) is 0.214. The molecule has 2 N–H and O–H groups in total. The number of amides is 1. The normalized spacial score (nSPS) is 12.9. The molecule has 5 aromatic rings. The Morgan fingerprint density at radius 1 is 1.11 bits per heavy atom. The number of benzene rings is 1. The molecule has 186 valence electrons. The number of nitrogens with zero attached hydrogens (tertiary/aromatic N) is 4. The molecule has 4 aromatic heterocycles. The first-order valence-corrected chi connectivity index (χ1v) is 13.1. The van der Waals surface area contributed by atoms with Gasteiger partial charge in [-0.3, -0.25) is 9.59 Å². The maximum atomic E-state index is 13.1. The predicted molar refractivity (Wildman–Crippen MR) is 147 cm³/mol. The van der Waals surface area contributed by atoms with Gasteiger partial charge in [-0.1, -0.05) is 12.1 Å².